The zero-order chi connectivity index (χ0) is 10.9. The number of hydrogen-bond acceptors (Lipinski definition) is 3. The SMILES string of the molecule is COCCCCCNCc1ccn(C)n1.Cl. The first-order valence-electron chi connectivity index (χ1n) is 5.51. The summed E-state index contributed by atoms with van der Waals surface area (Å²) < 4.78 is 6.82. The molecule has 1 heterocycles. The maximum Gasteiger partial charge on any atom is 0.0762 e. The van der Waals surface area contributed by atoms with Crippen molar-refractivity contribution in [2.75, 3.05) is 20.3 Å². The van der Waals surface area contributed by atoms with E-state index in [1.165, 1.54) is 12.8 Å². The predicted molar refractivity (Wildman–Crippen MR) is 67.9 cm³/mol. The van der Waals surface area contributed by atoms with Gasteiger partial charge in [0, 0.05) is 33.5 Å². The highest BCUT2D eigenvalue weighted by Crippen LogP contribution is 1.96. The second-order valence-electron chi connectivity index (χ2n) is 3.71. The molecule has 0 aliphatic heterocycles. The Morgan fingerprint density at radius 1 is 1.38 bits per heavy atom. The molecule has 0 aliphatic rings. The van der Waals surface area contributed by atoms with Crippen molar-refractivity contribution in [3.05, 3.63) is 18.0 Å². The molecule has 0 saturated carbocycles. The molecule has 0 amide bonds. The molecule has 5 heteroatoms. The molecule has 0 atom stereocenters. The van der Waals surface area contributed by atoms with Crippen LogP contribution in [0.2, 0.25) is 0 Å². The van der Waals surface area contributed by atoms with Crippen molar-refractivity contribution in [3.63, 3.8) is 0 Å². The summed E-state index contributed by atoms with van der Waals surface area (Å²) in [5.41, 5.74) is 1.11. The van der Waals surface area contributed by atoms with Gasteiger partial charge in [-0.25, -0.2) is 0 Å². The fourth-order valence-corrected chi connectivity index (χ4v) is 1.45. The number of aromatic nitrogens is 2. The van der Waals surface area contributed by atoms with Crippen LogP contribution in [0.3, 0.4) is 0 Å². The Kier molecular flexibility index (Phi) is 9.28. The van der Waals surface area contributed by atoms with E-state index in [9.17, 15) is 0 Å². The van der Waals surface area contributed by atoms with Gasteiger partial charge in [-0.2, -0.15) is 5.10 Å². The molecule has 4 nitrogen and oxygen atoms in total. The molecule has 16 heavy (non-hydrogen) atoms. The first-order chi connectivity index (χ1) is 7.33. The maximum absolute atomic E-state index is 4.99. The van der Waals surface area contributed by atoms with Gasteiger partial charge < -0.3 is 10.1 Å². The van der Waals surface area contributed by atoms with Crippen molar-refractivity contribution in [2.24, 2.45) is 7.05 Å². The number of aryl methyl sites for hydroxylation is 1. The lowest BCUT2D eigenvalue weighted by Gasteiger charge is -2.02. The van der Waals surface area contributed by atoms with Gasteiger partial charge in [0.25, 0.3) is 0 Å². The molecule has 0 unspecified atom stereocenters. The van der Waals surface area contributed by atoms with Crippen molar-refractivity contribution < 1.29 is 4.74 Å². The van der Waals surface area contributed by atoms with Crippen LogP contribution in [-0.2, 0) is 18.3 Å². The Morgan fingerprint density at radius 2 is 2.19 bits per heavy atom. The standard InChI is InChI=1S/C11H21N3O.ClH/c1-14-8-6-11(13-14)10-12-7-4-3-5-9-15-2;/h6,8,12H,3-5,7,9-10H2,1-2H3;1H. The molecule has 0 saturated heterocycles. The third-order valence-electron chi connectivity index (χ3n) is 2.28. The Bertz CT molecular complexity index is 265. The average Bonchev–Trinajstić information content (AvgIpc) is 2.63. The number of hydrogen-bond donors (Lipinski definition) is 1. The normalized spacial score (nSPS) is 10.1. The Hall–Kier alpha value is -0.580. The second kappa shape index (κ2) is 9.63. The molecule has 1 rings (SSSR count). The summed E-state index contributed by atoms with van der Waals surface area (Å²) in [5, 5.41) is 7.67. The molecule has 0 aromatic carbocycles. The highest BCUT2D eigenvalue weighted by atomic mass is 35.5. The number of nitrogens with one attached hydrogen (secondary N) is 1. The van der Waals surface area contributed by atoms with Crippen LogP contribution < -0.4 is 5.32 Å². The van der Waals surface area contributed by atoms with E-state index in [2.05, 4.69) is 10.4 Å². The predicted octanol–water partition coefficient (Wildman–Crippen LogP) is 1.75. The minimum atomic E-state index is 0. The van der Waals surface area contributed by atoms with Gasteiger partial charge >= 0.3 is 0 Å². The quantitative estimate of drug-likeness (QED) is 0.712. The zero-order valence-electron chi connectivity index (χ0n) is 10.1. The Morgan fingerprint density at radius 3 is 2.81 bits per heavy atom. The van der Waals surface area contributed by atoms with Crippen LogP contribution in [0.25, 0.3) is 0 Å². The van der Waals surface area contributed by atoms with E-state index < -0.39 is 0 Å². The first kappa shape index (κ1) is 15.4. The molecule has 1 aromatic rings. The Labute approximate surface area is 104 Å². The van der Waals surface area contributed by atoms with Crippen molar-refractivity contribution in [1.82, 2.24) is 15.1 Å². The number of methoxy groups -OCH3 is 1. The number of halogens is 1. The summed E-state index contributed by atoms with van der Waals surface area (Å²) in [4.78, 5) is 0. The lowest BCUT2D eigenvalue weighted by molar-refractivity contribution is 0.192. The molecule has 0 spiro atoms. The van der Waals surface area contributed by atoms with Crippen LogP contribution in [-0.4, -0.2) is 30.0 Å². The van der Waals surface area contributed by atoms with Crippen molar-refractivity contribution >= 4 is 12.4 Å². The number of ether oxygens (including phenoxy) is 1. The Balaban J connectivity index is 0.00000225. The minimum Gasteiger partial charge on any atom is -0.385 e. The van der Waals surface area contributed by atoms with E-state index in [4.69, 9.17) is 4.74 Å². The van der Waals surface area contributed by atoms with Crippen LogP contribution in [0.1, 0.15) is 25.0 Å². The lowest BCUT2D eigenvalue weighted by Crippen LogP contribution is -2.15. The van der Waals surface area contributed by atoms with Gasteiger partial charge in [-0.1, -0.05) is 0 Å². The number of rotatable bonds is 8. The first-order valence-corrected chi connectivity index (χ1v) is 5.51. The van der Waals surface area contributed by atoms with Crippen molar-refractivity contribution in [1.29, 1.82) is 0 Å². The van der Waals surface area contributed by atoms with Crippen LogP contribution in [0.15, 0.2) is 12.3 Å². The largest absolute Gasteiger partial charge is 0.385 e. The molecule has 0 radical (unpaired) electrons. The van der Waals surface area contributed by atoms with Gasteiger partial charge in [-0.3, -0.25) is 4.68 Å². The summed E-state index contributed by atoms with van der Waals surface area (Å²) in [6.45, 7) is 2.80. The van der Waals surface area contributed by atoms with E-state index in [0.29, 0.717) is 0 Å². The van der Waals surface area contributed by atoms with Crippen molar-refractivity contribution in [2.45, 2.75) is 25.8 Å². The highest BCUT2D eigenvalue weighted by Gasteiger charge is 1.95. The van der Waals surface area contributed by atoms with E-state index in [0.717, 1.165) is 31.8 Å². The third kappa shape index (κ3) is 6.82. The van der Waals surface area contributed by atoms with Crippen LogP contribution in [0, 0.1) is 0 Å². The highest BCUT2D eigenvalue weighted by molar-refractivity contribution is 5.85. The summed E-state index contributed by atoms with van der Waals surface area (Å²) in [6.07, 6.45) is 5.55. The maximum atomic E-state index is 4.99. The molecule has 94 valence electrons. The third-order valence-corrected chi connectivity index (χ3v) is 2.28. The van der Waals surface area contributed by atoms with Crippen LogP contribution in [0.5, 0.6) is 0 Å². The minimum absolute atomic E-state index is 0. The molecule has 0 aliphatic carbocycles. The summed E-state index contributed by atoms with van der Waals surface area (Å²) in [5.74, 6) is 0. The van der Waals surface area contributed by atoms with Gasteiger partial charge in [-0.15, -0.1) is 12.4 Å². The number of unbranched alkanes of at least 4 members (excludes halogenated alkanes) is 2. The fourth-order valence-electron chi connectivity index (χ4n) is 1.45. The fraction of sp³-hybridized carbons (Fsp3) is 0.727. The molecule has 1 N–H and O–H groups in total. The van der Waals surface area contributed by atoms with Gasteiger partial charge in [-0.05, 0) is 31.9 Å². The monoisotopic (exact) mass is 247 g/mol. The van der Waals surface area contributed by atoms with Crippen LogP contribution >= 0.6 is 12.4 Å². The van der Waals surface area contributed by atoms with E-state index in [-0.39, 0.29) is 12.4 Å². The lowest BCUT2D eigenvalue weighted by atomic mass is 10.2. The molecule has 0 bridgehead atoms. The van der Waals surface area contributed by atoms with Crippen LogP contribution in [0.4, 0.5) is 0 Å². The second-order valence-corrected chi connectivity index (χ2v) is 3.71. The van der Waals surface area contributed by atoms with E-state index in [1.54, 1.807) is 7.11 Å². The number of nitrogens with zero attached hydrogens (tertiary/aromatic N) is 2. The van der Waals surface area contributed by atoms with E-state index in [1.807, 2.05) is 24.0 Å². The summed E-state index contributed by atoms with van der Waals surface area (Å²) >= 11 is 0. The topological polar surface area (TPSA) is 39.1 Å². The molecule has 1 aromatic heterocycles. The van der Waals surface area contributed by atoms with Gasteiger partial charge in [0.2, 0.25) is 0 Å². The van der Waals surface area contributed by atoms with Gasteiger partial charge in [0.1, 0.15) is 0 Å². The molecular formula is C11H22ClN3O. The summed E-state index contributed by atoms with van der Waals surface area (Å²) in [7, 11) is 3.69. The van der Waals surface area contributed by atoms with Gasteiger partial charge in [0.05, 0.1) is 5.69 Å². The zero-order valence-corrected chi connectivity index (χ0v) is 10.9. The molecule has 0 fully saturated rings. The van der Waals surface area contributed by atoms with Gasteiger partial charge in [0.15, 0.2) is 0 Å². The average molecular weight is 248 g/mol. The smallest absolute Gasteiger partial charge is 0.0762 e. The van der Waals surface area contributed by atoms with E-state index >= 15 is 0 Å². The summed E-state index contributed by atoms with van der Waals surface area (Å²) in [6, 6.07) is 2.04. The molecular weight excluding hydrogens is 226 g/mol. The van der Waals surface area contributed by atoms with Crippen molar-refractivity contribution in [3.8, 4) is 0 Å².